The Hall–Kier alpha value is -0.261. The van der Waals surface area contributed by atoms with Crippen LogP contribution in [0.3, 0.4) is 0 Å². The Kier molecular flexibility index (Phi) is 12.5. The number of hydrogen-bond acceptors (Lipinski definition) is 3. The quantitative estimate of drug-likeness (QED) is 0.635. The van der Waals surface area contributed by atoms with Crippen LogP contribution in [0.2, 0.25) is 14.8 Å². The molecule has 0 bridgehead atoms. The molecule has 4 nitrogen and oxygen atoms in total. The van der Waals surface area contributed by atoms with Gasteiger partial charge < -0.3 is 9.84 Å². The number of carboxylic acids is 1. The van der Waals surface area contributed by atoms with Gasteiger partial charge in [0.1, 0.15) is 0 Å². The summed E-state index contributed by atoms with van der Waals surface area (Å²) in [6.45, 7) is 0. The van der Waals surface area contributed by atoms with Crippen molar-refractivity contribution in [3.05, 3.63) is 0 Å². The zero-order chi connectivity index (χ0) is 11.6. The molecule has 0 aliphatic heterocycles. The molecule has 0 unspecified atom stereocenters. The summed E-state index contributed by atoms with van der Waals surface area (Å²) in [4.78, 5) is 27.4. The number of aliphatic carboxylic acids is 1. The minimum atomic E-state index is -0.885. The van der Waals surface area contributed by atoms with Crippen LogP contribution in [0.15, 0.2) is 0 Å². The molecular formula is C9H19O4Sn. The van der Waals surface area contributed by atoms with Crippen LogP contribution in [-0.2, 0) is 14.3 Å². The second-order valence-electron chi connectivity index (χ2n) is 3.32. The van der Waals surface area contributed by atoms with Gasteiger partial charge in [0.25, 0.3) is 0 Å². The van der Waals surface area contributed by atoms with Gasteiger partial charge in [0, 0.05) is 12.8 Å². The van der Waals surface area contributed by atoms with Gasteiger partial charge >= 0.3 is 46.5 Å². The van der Waals surface area contributed by atoms with Crippen LogP contribution in [0.1, 0.15) is 19.3 Å². The molecule has 0 atom stereocenters. The number of rotatable bonds is 4. The van der Waals surface area contributed by atoms with E-state index in [-0.39, 0.29) is 18.8 Å². The van der Waals surface area contributed by atoms with Gasteiger partial charge in [-0.1, -0.05) is 0 Å². The van der Waals surface area contributed by atoms with Crippen LogP contribution in [-0.4, -0.2) is 43.9 Å². The maximum atomic E-state index is 10.4. The fourth-order valence-electron chi connectivity index (χ4n) is 0.486. The van der Waals surface area contributed by atoms with Gasteiger partial charge in [-0.3, -0.25) is 9.59 Å². The average Bonchev–Trinajstić information content (AvgIpc) is 2.02. The summed E-state index contributed by atoms with van der Waals surface area (Å²) in [7, 11) is 1.28. The Balaban J connectivity index is 0. The Morgan fingerprint density at radius 1 is 1.21 bits per heavy atom. The Morgan fingerprint density at radius 2 is 1.64 bits per heavy atom. The molecular weight excluding hydrogens is 291 g/mol. The third-order valence-corrected chi connectivity index (χ3v) is 0.999. The fraction of sp³-hybridized carbons (Fsp3) is 0.778. The summed E-state index contributed by atoms with van der Waals surface area (Å²) in [5.74, 6) is -1.25. The van der Waals surface area contributed by atoms with E-state index >= 15 is 0 Å². The van der Waals surface area contributed by atoms with E-state index in [9.17, 15) is 9.59 Å². The normalized spacial score (nSPS) is 8.93. The van der Waals surface area contributed by atoms with Crippen molar-refractivity contribution in [2.45, 2.75) is 34.1 Å². The number of esters is 1. The van der Waals surface area contributed by atoms with Gasteiger partial charge in [-0.2, -0.15) is 0 Å². The summed E-state index contributed by atoms with van der Waals surface area (Å²) >= 11 is -0.543. The third kappa shape index (κ3) is 22.6. The predicted molar refractivity (Wildman–Crippen MR) is 56.8 cm³/mol. The van der Waals surface area contributed by atoms with Crippen LogP contribution in [0, 0.1) is 0 Å². The van der Waals surface area contributed by atoms with E-state index in [2.05, 4.69) is 19.6 Å². The maximum absolute atomic E-state index is 10.4. The SMILES string of the molecule is COC(=O)CCCC(=O)O.[CH3][Sn]([CH3])[CH3]. The summed E-state index contributed by atoms with van der Waals surface area (Å²) in [5, 5.41) is 8.15. The van der Waals surface area contributed by atoms with E-state index in [0.29, 0.717) is 6.42 Å². The van der Waals surface area contributed by atoms with Crippen molar-refractivity contribution in [1.29, 1.82) is 0 Å². The van der Waals surface area contributed by atoms with Gasteiger partial charge in [-0.05, 0) is 6.42 Å². The topological polar surface area (TPSA) is 63.6 Å². The van der Waals surface area contributed by atoms with Crippen LogP contribution < -0.4 is 0 Å². The molecule has 0 saturated heterocycles. The monoisotopic (exact) mass is 311 g/mol. The standard InChI is InChI=1S/C6H10O4.3CH3.Sn/c1-10-6(9)4-2-3-5(7)8;;;;/h2-4H2,1H3,(H,7,8);3*1H3;. The molecule has 0 aliphatic carbocycles. The van der Waals surface area contributed by atoms with E-state index in [1.165, 1.54) is 7.11 Å². The van der Waals surface area contributed by atoms with Gasteiger partial charge in [-0.25, -0.2) is 0 Å². The Morgan fingerprint density at radius 3 is 1.93 bits per heavy atom. The van der Waals surface area contributed by atoms with E-state index in [0.717, 1.165) is 0 Å². The first-order valence-corrected chi connectivity index (χ1v) is 13.0. The second kappa shape index (κ2) is 10.8. The van der Waals surface area contributed by atoms with Gasteiger partial charge in [-0.15, -0.1) is 0 Å². The van der Waals surface area contributed by atoms with Crippen molar-refractivity contribution < 1.29 is 19.4 Å². The molecule has 0 aliphatic rings. The van der Waals surface area contributed by atoms with E-state index in [1.807, 2.05) is 0 Å². The fourth-order valence-corrected chi connectivity index (χ4v) is 0.486. The molecule has 0 aromatic carbocycles. The molecule has 1 radical (unpaired) electrons. The second-order valence-corrected chi connectivity index (χ2v) is 11.9. The molecule has 83 valence electrons. The van der Waals surface area contributed by atoms with Crippen molar-refractivity contribution in [3.63, 3.8) is 0 Å². The number of methoxy groups -OCH3 is 1. The molecule has 0 fully saturated rings. The minimum absolute atomic E-state index is 0.0229. The van der Waals surface area contributed by atoms with Crippen molar-refractivity contribution in [2.24, 2.45) is 0 Å². The zero-order valence-corrected chi connectivity index (χ0v) is 12.1. The summed E-state index contributed by atoms with van der Waals surface area (Å²) in [5.41, 5.74) is 0. The van der Waals surface area contributed by atoms with Gasteiger partial charge in [0.05, 0.1) is 7.11 Å². The predicted octanol–water partition coefficient (Wildman–Crippen LogP) is 1.78. The first-order valence-electron chi connectivity index (χ1n) is 4.45. The molecule has 0 heterocycles. The molecule has 0 saturated carbocycles. The summed E-state index contributed by atoms with van der Waals surface area (Å²) < 4.78 is 4.30. The molecule has 5 heteroatoms. The molecule has 0 rings (SSSR count). The third-order valence-electron chi connectivity index (χ3n) is 0.999. The van der Waals surface area contributed by atoms with Crippen LogP contribution in [0.5, 0.6) is 0 Å². The van der Waals surface area contributed by atoms with Crippen LogP contribution in [0.4, 0.5) is 0 Å². The van der Waals surface area contributed by atoms with Crippen molar-refractivity contribution in [2.75, 3.05) is 7.11 Å². The van der Waals surface area contributed by atoms with Crippen LogP contribution >= 0.6 is 0 Å². The van der Waals surface area contributed by atoms with Crippen molar-refractivity contribution in [1.82, 2.24) is 0 Å². The molecule has 0 aromatic heterocycles. The number of hydrogen-bond donors (Lipinski definition) is 1. The molecule has 0 amide bonds. The summed E-state index contributed by atoms with van der Waals surface area (Å²) in [6, 6.07) is 0. The number of carbonyl (C=O) groups is 2. The van der Waals surface area contributed by atoms with Crippen molar-refractivity contribution >= 4 is 31.7 Å². The van der Waals surface area contributed by atoms with Crippen LogP contribution in [0.25, 0.3) is 0 Å². The Bertz CT molecular complexity index is 165. The molecule has 1 N–H and O–H groups in total. The van der Waals surface area contributed by atoms with Gasteiger partial charge in [0.2, 0.25) is 0 Å². The van der Waals surface area contributed by atoms with E-state index in [1.54, 1.807) is 0 Å². The Labute approximate surface area is 92.4 Å². The first-order chi connectivity index (χ1) is 6.40. The average molecular weight is 310 g/mol. The van der Waals surface area contributed by atoms with E-state index < -0.39 is 25.7 Å². The number of carboxylic acid groups (broad SMARTS) is 1. The molecule has 14 heavy (non-hydrogen) atoms. The molecule has 0 aromatic rings. The first kappa shape index (κ1) is 16.2. The van der Waals surface area contributed by atoms with Crippen molar-refractivity contribution in [3.8, 4) is 0 Å². The summed E-state index contributed by atoms with van der Waals surface area (Å²) in [6.07, 6.45) is 0.555. The van der Waals surface area contributed by atoms with E-state index in [4.69, 9.17) is 5.11 Å². The van der Waals surface area contributed by atoms with Gasteiger partial charge in [0.15, 0.2) is 0 Å². The zero-order valence-electron chi connectivity index (χ0n) is 9.29. The molecule has 0 spiro atoms. The number of ether oxygens (including phenoxy) is 1. The number of carbonyl (C=O) groups excluding carboxylic acids is 1.